The van der Waals surface area contributed by atoms with E-state index in [0.717, 1.165) is 64.7 Å². The predicted octanol–water partition coefficient (Wildman–Crippen LogP) is 6.12. The third-order valence-corrected chi connectivity index (χ3v) is 7.67. The lowest BCUT2D eigenvalue weighted by Gasteiger charge is -2.35. The van der Waals surface area contributed by atoms with Gasteiger partial charge in [0.2, 0.25) is 11.8 Å². The molecular formula is C28H32ClN7OS. The number of ether oxygens (including phenoxy) is 1. The molecule has 0 aliphatic carbocycles. The van der Waals surface area contributed by atoms with Crippen molar-refractivity contribution in [3.8, 4) is 22.9 Å². The Kier molecular flexibility index (Phi) is 7.78. The molecule has 198 valence electrons. The summed E-state index contributed by atoms with van der Waals surface area (Å²) in [5.74, 6) is 1.53. The molecule has 1 saturated heterocycles. The van der Waals surface area contributed by atoms with E-state index < -0.39 is 0 Å². The van der Waals surface area contributed by atoms with Crippen LogP contribution in [0.25, 0.3) is 11.3 Å². The van der Waals surface area contributed by atoms with Crippen LogP contribution in [0.15, 0.2) is 53.7 Å². The number of piperazine rings is 1. The van der Waals surface area contributed by atoms with Gasteiger partial charge in [-0.3, -0.25) is 9.40 Å². The van der Waals surface area contributed by atoms with Gasteiger partial charge >= 0.3 is 0 Å². The maximum absolute atomic E-state index is 6.80. The number of nitrogens with one attached hydrogen (secondary N) is 1. The topological polar surface area (TPSA) is 71.3 Å². The zero-order valence-corrected chi connectivity index (χ0v) is 23.9. The predicted molar refractivity (Wildman–Crippen MR) is 156 cm³/mol. The fourth-order valence-electron chi connectivity index (χ4n) is 4.74. The SMILES string of the molecule is Cc1cccc(C)c1-c1cc(Oc2cc(C)c(N3CCN(C)CC3)c(Cl)c2)nc(NSc2cnn(C)c2)n1. The fraction of sp³-hybridized carbons (Fsp3) is 0.321. The van der Waals surface area contributed by atoms with Gasteiger partial charge in [0.1, 0.15) is 5.75 Å². The molecule has 2 aromatic heterocycles. The van der Waals surface area contributed by atoms with Gasteiger partial charge in [-0.15, -0.1) is 0 Å². The van der Waals surface area contributed by atoms with Crippen molar-refractivity contribution in [2.75, 3.05) is 42.8 Å². The van der Waals surface area contributed by atoms with Crippen LogP contribution in [0.1, 0.15) is 16.7 Å². The quantitative estimate of drug-likeness (QED) is 0.276. The second kappa shape index (κ2) is 11.2. The third kappa shape index (κ3) is 5.90. The van der Waals surface area contributed by atoms with E-state index in [1.54, 1.807) is 10.9 Å². The van der Waals surface area contributed by atoms with Crippen molar-refractivity contribution in [2.24, 2.45) is 7.05 Å². The Morgan fingerprint density at radius 3 is 2.34 bits per heavy atom. The van der Waals surface area contributed by atoms with Gasteiger partial charge in [0.15, 0.2) is 0 Å². The molecule has 2 aromatic carbocycles. The fourth-order valence-corrected chi connectivity index (χ4v) is 5.72. The van der Waals surface area contributed by atoms with Gasteiger partial charge in [0, 0.05) is 57.1 Å². The molecule has 1 aliphatic rings. The summed E-state index contributed by atoms with van der Waals surface area (Å²) in [6.45, 7) is 10.2. The first-order chi connectivity index (χ1) is 18.3. The molecule has 8 nitrogen and oxygen atoms in total. The molecule has 0 unspecified atom stereocenters. The number of rotatable bonds is 7. The Balaban J connectivity index is 1.46. The largest absolute Gasteiger partial charge is 0.439 e. The second-order valence-corrected chi connectivity index (χ2v) is 11.0. The minimum absolute atomic E-state index is 0.440. The van der Waals surface area contributed by atoms with Crippen LogP contribution in [0.3, 0.4) is 0 Å². The van der Waals surface area contributed by atoms with Crippen LogP contribution in [0.2, 0.25) is 5.02 Å². The summed E-state index contributed by atoms with van der Waals surface area (Å²) in [6, 6.07) is 12.0. The van der Waals surface area contributed by atoms with E-state index in [1.807, 2.05) is 31.4 Å². The van der Waals surface area contributed by atoms with E-state index in [4.69, 9.17) is 21.3 Å². The molecule has 1 aliphatic heterocycles. The Morgan fingerprint density at radius 1 is 0.947 bits per heavy atom. The molecule has 0 saturated carbocycles. The van der Waals surface area contributed by atoms with E-state index in [9.17, 15) is 0 Å². The molecule has 0 radical (unpaired) electrons. The lowest BCUT2D eigenvalue weighted by Crippen LogP contribution is -2.44. The van der Waals surface area contributed by atoms with Crippen LogP contribution >= 0.6 is 23.5 Å². The molecule has 0 amide bonds. The highest BCUT2D eigenvalue weighted by Gasteiger charge is 2.20. The van der Waals surface area contributed by atoms with Crippen LogP contribution in [0.5, 0.6) is 11.6 Å². The Bertz CT molecular complexity index is 1410. The number of hydrogen-bond acceptors (Lipinski definition) is 8. The first-order valence-electron chi connectivity index (χ1n) is 12.6. The standard InChI is InChI=1S/C28H32ClN7OS/c1-18-7-6-8-19(2)26(18)24-15-25(32-28(31-24)33-38-22-16-30-35(5)17-22)37-21-13-20(3)27(23(29)14-21)36-11-9-34(4)10-12-36/h6-8,13-17H,9-12H2,1-5H3,(H,31,32,33). The monoisotopic (exact) mass is 549 g/mol. The zero-order chi connectivity index (χ0) is 26.8. The highest BCUT2D eigenvalue weighted by Crippen LogP contribution is 2.37. The van der Waals surface area contributed by atoms with Crippen molar-refractivity contribution in [3.05, 3.63) is 70.5 Å². The summed E-state index contributed by atoms with van der Waals surface area (Å²) >= 11 is 8.20. The van der Waals surface area contributed by atoms with Gasteiger partial charge in [-0.2, -0.15) is 10.1 Å². The van der Waals surface area contributed by atoms with E-state index in [0.29, 0.717) is 22.6 Å². The van der Waals surface area contributed by atoms with Crippen molar-refractivity contribution in [1.82, 2.24) is 24.6 Å². The van der Waals surface area contributed by atoms with Crippen LogP contribution < -0.4 is 14.4 Å². The van der Waals surface area contributed by atoms with Crippen LogP contribution in [0, 0.1) is 20.8 Å². The molecule has 3 heterocycles. The maximum atomic E-state index is 6.80. The third-order valence-electron chi connectivity index (χ3n) is 6.65. The number of aryl methyl sites for hydroxylation is 4. The van der Waals surface area contributed by atoms with Gasteiger partial charge in [-0.25, -0.2) is 4.98 Å². The normalized spacial score (nSPS) is 14.1. The van der Waals surface area contributed by atoms with Crippen molar-refractivity contribution >= 4 is 35.2 Å². The number of benzene rings is 2. The van der Waals surface area contributed by atoms with Crippen LogP contribution in [0.4, 0.5) is 11.6 Å². The highest BCUT2D eigenvalue weighted by molar-refractivity contribution is 8.00. The van der Waals surface area contributed by atoms with E-state index in [1.165, 1.54) is 11.9 Å². The molecule has 1 fully saturated rings. The summed E-state index contributed by atoms with van der Waals surface area (Å²) in [6.07, 6.45) is 3.72. The minimum Gasteiger partial charge on any atom is -0.439 e. The van der Waals surface area contributed by atoms with Crippen molar-refractivity contribution in [1.29, 1.82) is 0 Å². The van der Waals surface area contributed by atoms with Crippen molar-refractivity contribution in [2.45, 2.75) is 25.7 Å². The number of likely N-dealkylation sites (N-methyl/N-ethyl adjacent to an activating group) is 1. The molecule has 0 spiro atoms. The molecule has 0 atom stereocenters. The first-order valence-corrected chi connectivity index (χ1v) is 13.7. The number of halogens is 1. The van der Waals surface area contributed by atoms with Crippen molar-refractivity contribution in [3.63, 3.8) is 0 Å². The summed E-state index contributed by atoms with van der Waals surface area (Å²) < 4.78 is 11.3. The molecule has 0 bridgehead atoms. The van der Waals surface area contributed by atoms with Crippen LogP contribution in [-0.4, -0.2) is 57.9 Å². The molecule has 5 rings (SSSR count). The van der Waals surface area contributed by atoms with Gasteiger partial charge in [-0.05, 0) is 62.5 Å². The Labute approximate surface area is 233 Å². The average molecular weight is 550 g/mol. The van der Waals surface area contributed by atoms with Gasteiger partial charge in [0.25, 0.3) is 0 Å². The van der Waals surface area contributed by atoms with Gasteiger partial charge in [-0.1, -0.05) is 29.8 Å². The smallest absolute Gasteiger partial charge is 0.237 e. The highest BCUT2D eigenvalue weighted by atomic mass is 35.5. The molecule has 1 N–H and O–H groups in total. The summed E-state index contributed by atoms with van der Waals surface area (Å²) in [5, 5.41) is 4.90. The van der Waals surface area contributed by atoms with Crippen molar-refractivity contribution < 1.29 is 4.74 Å². The van der Waals surface area contributed by atoms with E-state index in [-0.39, 0.29) is 0 Å². The molecule has 10 heteroatoms. The number of aromatic nitrogens is 4. The van der Waals surface area contributed by atoms with Gasteiger partial charge in [0.05, 0.1) is 27.5 Å². The lowest BCUT2D eigenvalue weighted by atomic mass is 10.00. The molecule has 4 aromatic rings. The number of hydrogen-bond donors (Lipinski definition) is 1. The minimum atomic E-state index is 0.440. The lowest BCUT2D eigenvalue weighted by molar-refractivity contribution is 0.312. The second-order valence-electron chi connectivity index (χ2n) is 9.70. The Morgan fingerprint density at radius 2 is 1.68 bits per heavy atom. The summed E-state index contributed by atoms with van der Waals surface area (Å²) in [5.41, 5.74) is 6.27. The molecule has 38 heavy (non-hydrogen) atoms. The number of anilines is 2. The summed E-state index contributed by atoms with van der Waals surface area (Å²) in [4.78, 5) is 15.1. The molecular weight excluding hydrogens is 518 g/mol. The zero-order valence-electron chi connectivity index (χ0n) is 22.3. The summed E-state index contributed by atoms with van der Waals surface area (Å²) in [7, 11) is 4.03. The van der Waals surface area contributed by atoms with E-state index in [2.05, 4.69) is 70.6 Å². The average Bonchev–Trinajstić information content (AvgIpc) is 3.28. The first kappa shape index (κ1) is 26.3. The van der Waals surface area contributed by atoms with Crippen LogP contribution in [-0.2, 0) is 7.05 Å². The Hall–Kier alpha value is -3.27. The maximum Gasteiger partial charge on any atom is 0.237 e. The van der Waals surface area contributed by atoms with E-state index >= 15 is 0 Å². The van der Waals surface area contributed by atoms with Gasteiger partial charge < -0.3 is 14.5 Å². The number of nitrogens with zero attached hydrogens (tertiary/aromatic N) is 6.